The molecule has 0 saturated carbocycles. The van der Waals surface area contributed by atoms with Crippen molar-refractivity contribution in [3.8, 4) is 0 Å². The highest BCUT2D eigenvalue weighted by Crippen LogP contribution is 2.32. The van der Waals surface area contributed by atoms with Gasteiger partial charge < -0.3 is 9.64 Å². The summed E-state index contributed by atoms with van der Waals surface area (Å²) in [4.78, 5) is 12.9. The van der Waals surface area contributed by atoms with Crippen LogP contribution in [0, 0.1) is 17.0 Å². The standard InChI is InChI=1S/C17H18N2O3/c1-13-6-2-3-7-14(13)17-12-18(10-11-22-17)15-8-4-5-9-16(15)19(20)21/h2-9,17H,10-12H2,1H3. The molecule has 0 bridgehead atoms. The molecule has 1 aliphatic heterocycles. The smallest absolute Gasteiger partial charge is 0.292 e. The highest BCUT2D eigenvalue weighted by molar-refractivity contribution is 5.63. The first-order valence-corrected chi connectivity index (χ1v) is 7.32. The van der Waals surface area contributed by atoms with Gasteiger partial charge >= 0.3 is 0 Å². The molecule has 5 heteroatoms. The minimum absolute atomic E-state index is 0.0604. The Morgan fingerprint density at radius 2 is 1.91 bits per heavy atom. The van der Waals surface area contributed by atoms with Crippen LogP contribution in [0.3, 0.4) is 0 Å². The maximum atomic E-state index is 11.2. The van der Waals surface area contributed by atoms with Crippen LogP contribution in [0.25, 0.3) is 0 Å². The van der Waals surface area contributed by atoms with Crippen molar-refractivity contribution in [3.05, 3.63) is 69.8 Å². The van der Waals surface area contributed by atoms with E-state index >= 15 is 0 Å². The normalized spacial score (nSPS) is 18.2. The van der Waals surface area contributed by atoms with E-state index in [9.17, 15) is 10.1 Å². The Morgan fingerprint density at radius 1 is 1.18 bits per heavy atom. The molecule has 0 amide bonds. The molecule has 0 radical (unpaired) electrons. The van der Waals surface area contributed by atoms with Gasteiger partial charge in [0, 0.05) is 19.2 Å². The fraction of sp³-hybridized carbons (Fsp3) is 0.294. The van der Waals surface area contributed by atoms with Crippen molar-refractivity contribution in [2.75, 3.05) is 24.6 Å². The zero-order valence-electron chi connectivity index (χ0n) is 12.4. The molecule has 1 atom stereocenters. The van der Waals surface area contributed by atoms with Crippen LogP contribution in [0.2, 0.25) is 0 Å². The van der Waals surface area contributed by atoms with Crippen molar-refractivity contribution in [2.45, 2.75) is 13.0 Å². The van der Waals surface area contributed by atoms with Gasteiger partial charge in [0.05, 0.1) is 11.5 Å². The summed E-state index contributed by atoms with van der Waals surface area (Å²) in [7, 11) is 0. The topological polar surface area (TPSA) is 55.6 Å². The Bertz CT molecular complexity index is 687. The molecule has 1 aliphatic rings. The van der Waals surface area contributed by atoms with E-state index in [-0.39, 0.29) is 16.7 Å². The third-order valence-corrected chi connectivity index (χ3v) is 4.02. The number of ether oxygens (including phenoxy) is 1. The van der Waals surface area contributed by atoms with Crippen LogP contribution in [0.5, 0.6) is 0 Å². The number of hydrogen-bond donors (Lipinski definition) is 0. The summed E-state index contributed by atoms with van der Waals surface area (Å²) in [6.45, 7) is 3.90. The van der Waals surface area contributed by atoms with Crippen molar-refractivity contribution in [2.24, 2.45) is 0 Å². The number of aryl methyl sites for hydroxylation is 1. The minimum atomic E-state index is -0.326. The molecule has 1 saturated heterocycles. The molecule has 0 spiro atoms. The fourth-order valence-corrected chi connectivity index (χ4v) is 2.89. The maximum Gasteiger partial charge on any atom is 0.292 e. The number of nitro groups is 1. The second kappa shape index (κ2) is 6.15. The van der Waals surface area contributed by atoms with Gasteiger partial charge in [0.1, 0.15) is 11.8 Å². The summed E-state index contributed by atoms with van der Waals surface area (Å²) < 4.78 is 5.89. The van der Waals surface area contributed by atoms with Gasteiger partial charge in [-0.15, -0.1) is 0 Å². The summed E-state index contributed by atoms with van der Waals surface area (Å²) in [5, 5.41) is 11.2. The molecule has 22 heavy (non-hydrogen) atoms. The van der Waals surface area contributed by atoms with Crippen LogP contribution in [0.4, 0.5) is 11.4 Å². The quantitative estimate of drug-likeness (QED) is 0.643. The zero-order chi connectivity index (χ0) is 15.5. The Kier molecular flexibility index (Phi) is 4.06. The summed E-state index contributed by atoms with van der Waals surface area (Å²) >= 11 is 0. The molecule has 1 heterocycles. The number of benzene rings is 2. The van der Waals surface area contributed by atoms with Crippen molar-refractivity contribution in [1.29, 1.82) is 0 Å². The van der Waals surface area contributed by atoms with E-state index in [4.69, 9.17) is 4.74 Å². The minimum Gasteiger partial charge on any atom is -0.370 e. The van der Waals surface area contributed by atoms with E-state index in [1.165, 1.54) is 5.56 Å². The first-order valence-electron chi connectivity index (χ1n) is 7.32. The largest absolute Gasteiger partial charge is 0.370 e. The number of nitrogens with zero attached hydrogens (tertiary/aromatic N) is 2. The van der Waals surface area contributed by atoms with E-state index in [1.807, 2.05) is 23.1 Å². The lowest BCUT2D eigenvalue weighted by Crippen LogP contribution is -2.38. The summed E-state index contributed by atoms with van der Waals surface area (Å²) in [5.41, 5.74) is 3.13. The SMILES string of the molecule is Cc1ccccc1C1CN(c2ccccc2[N+](=O)[O-])CCO1. The average molecular weight is 298 g/mol. The van der Waals surface area contributed by atoms with Crippen LogP contribution in [-0.2, 0) is 4.74 Å². The van der Waals surface area contributed by atoms with Gasteiger partial charge in [0.2, 0.25) is 0 Å². The first-order chi connectivity index (χ1) is 10.7. The third-order valence-electron chi connectivity index (χ3n) is 4.02. The van der Waals surface area contributed by atoms with Crippen LogP contribution in [0.15, 0.2) is 48.5 Å². The van der Waals surface area contributed by atoms with E-state index in [2.05, 4.69) is 19.1 Å². The van der Waals surface area contributed by atoms with Crippen LogP contribution < -0.4 is 4.90 Å². The number of anilines is 1. The van der Waals surface area contributed by atoms with Gasteiger partial charge in [-0.25, -0.2) is 0 Å². The van der Waals surface area contributed by atoms with E-state index in [0.717, 1.165) is 5.56 Å². The molecule has 1 unspecified atom stereocenters. The number of morpholine rings is 1. The Balaban J connectivity index is 1.88. The van der Waals surface area contributed by atoms with Gasteiger partial charge in [-0.3, -0.25) is 10.1 Å². The van der Waals surface area contributed by atoms with Crippen LogP contribution in [-0.4, -0.2) is 24.6 Å². The summed E-state index contributed by atoms with van der Waals surface area (Å²) in [5.74, 6) is 0. The molecule has 1 fully saturated rings. The van der Waals surface area contributed by atoms with E-state index < -0.39 is 0 Å². The van der Waals surface area contributed by atoms with E-state index in [1.54, 1.807) is 18.2 Å². The predicted molar refractivity (Wildman–Crippen MR) is 85.2 cm³/mol. The monoisotopic (exact) mass is 298 g/mol. The first kappa shape index (κ1) is 14.5. The van der Waals surface area contributed by atoms with Gasteiger partial charge in [-0.05, 0) is 24.1 Å². The molecular weight excluding hydrogens is 280 g/mol. The van der Waals surface area contributed by atoms with Gasteiger partial charge in [-0.2, -0.15) is 0 Å². The molecule has 5 nitrogen and oxygen atoms in total. The second-order valence-electron chi connectivity index (χ2n) is 5.41. The number of para-hydroxylation sites is 2. The highest BCUT2D eigenvalue weighted by atomic mass is 16.6. The molecule has 3 rings (SSSR count). The van der Waals surface area contributed by atoms with Gasteiger partial charge in [0.15, 0.2) is 0 Å². The third kappa shape index (κ3) is 2.80. The molecule has 2 aromatic rings. The number of nitro benzene ring substituents is 1. The summed E-state index contributed by atoms with van der Waals surface area (Å²) in [6.07, 6.45) is -0.0604. The zero-order valence-corrected chi connectivity index (χ0v) is 12.4. The second-order valence-corrected chi connectivity index (χ2v) is 5.41. The predicted octanol–water partition coefficient (Wildman–Crippen LogP) is 3.48. The van der Waals surface area contributed by atoms with Crippen LogP contribution >= 0.6 is 0 Å². The number of hydrogen-bond acceptors (Lipinski definition) is 4. The molecule has 114 valence electrons. The lowest BCUT2D eigenvalue weighted by molar-refractivity contribution is -0.384. The van der Waals surface area contributed by atoms with Crippen LogP contribution in [0.1, 0.15) is 17.2 Å². The van der Waals surface area contributed by atoms with Gasteiger partial charge in [-0.1, -0.05) is 36.4 Å². The molecule has 0 aromatic heterocycles. The maximum absolute atomic E-state index is 11.2. The van der Waals surface area contributed by atoms with Crippen molar-refractivity contribution < 1.29 is 9.66 Å². The lowest BCUT2D eigenvalue weighted by Gasteiger charge is -2.35. The van der Waals surface area contributed by atoms with Crippen molar-refractivity contribution >= 4 is 11.4 Å². The Morgan fingerprint density at radius 3 is 2.68 bits per heavy atom. The number of rotatable bonds is 3. The molecule has 0 aliphatic carbocycles. The molecular formula is C17H18N2O3. The molecule has 0 N–H and O–H groups in total. The van der Waals surface area contributed by atoms with Crippen molar-refractivity contribution in [3.63, 3.8) is 0 Å². The fourth-order valence-electron chi connectivity index (χ4n) is 2.89. The average Bonchev–Trinajstić information content (AvgIpc) is 2.55. The summed E-state index contributed by atoms with van der Waals surface area (Å²) in [6, 6.07) is 15.0. The lowest BCUT2D eigenvalue weighted by atomic mass is 10.0. The highest BCUT2D eigenvalue weighted by Gasteiger charge is 2.27. The Hall–Kier alpha value is -2.40. The van der Waals surface area contributed by atoms with Crippen molar-refractivity contribution in [1.82, 2.24) is 0 Å². The van der Waals surface area contributed by atoms with Gasteiger partial charge in [0.25, 0.3) is 5.69 Å². The Labute approximate surface area is 129 Å². The van der Waals surface area contributed by atoms with E-state index in [0.29, 0.717) is 25.4 Å². The molecule has 2 aromatic carbocycles.